The SMILES string of the molecule is COc1cccc2c(OC3CCNC3)nccc12. The molecule has 0 saturated carbocycles. The van der Waals surface area contributed by atoms with Crippen LogP contribution < -0.4 is 14.8 Å². The Morgan fingerprint density at radius 3 is 3.00 bits per heavy atom. The van der Waals surface area contributed by atoms with Gasteiger partial charge in [-0.15, -0.1) is 0 Å². The summed E-state index contributed by atoms with van der Waals surface area (Å²) in [5, 5.41) is 5.33. The zero-order valence-corrected chi connectivity index (χ0v) is 10.3. The molecule has 1 aliphatic heterocycles. The van der Waals surface area contributed by atoms with Crippen molar-refractivity contribution in [3.05, 3.63) is 30.5 Å². The van der Waals surface area contributed by atoms with Crippen LogP contribution in [-0.4, -0.2) is 31.3 Å². The largest absolute Gasteiger partial charge is 0.496 e. The van der Waals surface area contributed by atoms with E-state index in [2.05, 4.69) is 10.3 Å². The lowest BCUT2D eigenvalue weighted by Crippen LogP contribution is -2.20. The van der Waals surface area contributed by atoms with E-state index < -0.39 is 0 Å². The Hall–Kier alpha value is -1.81. The lowest BCUT2D eigenvalue weighted by atomic mass is 10.1. The molecule has 18 heavy (non-hydrogen) atoms. The minimum Gasteiger partial charge on any atom is -0.496 e. The smallest absolute Gasteiger partial charge is 0.221 e. The van der Waals surface area contributed by atoms with Crippen LogP contribution in [0.1, 0.15) is 6.42 Å². The van der Waals surface area contributed by atoms with Gasteiger partial charge in [0.15, 0.2) is 0 Å². The van der Waals surface area contributed by atoms with Crippen molar-refractivity contribution < 1.29 is 9.47 Å². The zero-order chi connectivity index (χ0) is 12.4. The summed E-state index contributed by atoms with van der Waals surface area (Å²) in [7, 11) is 1.68. The number of hydrogen-bond donors (Lipinski definition) is 1. The van der Waals surface area contributed by atoms with E-state index in [0.717, 1.165) is 36.0 Å². The predicted octanol–water partition coefficient (Wildman–Crippen LogP) is 1.98. The van der Waals surface area contributed by atoms with E-state index in [1.807, 2.05) is 24.3 Å². The second-order valence-electron chi connectivity index (χ2n) is 4.40. The van der Waals surface area contributed by atoms with Crippen LogP contribution in [0.5, 0.6) is 11.6 Å². The monoisotopic (exact) mass is 244 g/mol. The third-order valence-corrected chi connectivity index (χ3v) is 3.24. The number of hydrogen-bond acceptors (Lipinski definition) is 4. The van der Waals surface area contributed by atoms with Crippen LogP contribution in [0, 0.1) is 0 Å². The van der Waals surface area contributed by atoms with Gasteiger partial charge in [0, 0.05) is 23.5 Å². The summed E-state index contributed by atoms with van der Waals surface area (Å²) in [5.74, 6) is 1.55. The molecule has 1 atom stereocenters. The van der Waals surface area contributed by atoms with Crippen LogP contribution in [0.2, 0.25) is 0 Å². The van der Waals surface area contributed by atoms with Crippen molar-refractivity contribution in [2.75, 3.05) is 20.2 Å². The standard InChI is InChI=1S/C14H16N2O2/c1-17-13-4-2-3-12-11(13)6-8-16-14(12)18-10-5-7-15-9-10/h2-4,6,8,10,15H,5,7,9H2,1H3. The van der Waals surface area contributed by atoms with Crippen molar-refractivity contribution in [2.24, 2.45) is 0 Å². The van der Waals surface area contributed by atoms with Gasteiger partial charge in [0.25, 0.3) is 0 Å². The van der Waals surface area contributed by atoms with E-state index in [1.165, 1.54) is 0 Å². The number of aromatic nitrogens is 1. The third kappa shape index (κ3) is 1.99. The van der Waals surface area contributed by atoms with Crippen molar-refractivity contribution in [1.29, 1.82) is 0 Å². The minimum atomic E-state index is 0.217. The molecule has 1 unspecified atom stereocenters. The Kier molecular flexibility index (Phi) is 3.02. The molecule has 94 valence electrons. The topological polar surface area (TPSA) is 43.4 Å². The molecule has 2 aromatic rings. The first-order valence-corrected chi connectivity index (χ1v) is 6.17. The van der Waals surface area contributed by atoms with E-state index in [9.17, 15) is 0 Å². The molecule has 1 saturated heterocycles. The number of methoxy groups -OCH3 is 1. The molecule has 4 nitrogen and oxygen atoms in total. The van der Waals surface area contributed by atoms with Gasteiger partial charge >= 0.3 is 0 Å². The van der Waals surface area contributed by atoms with Gasteiger partial charge in [-0.25, -0.2) is 4.98 Å². The van der Waals surface area contributed by atoms with Crippen LogP contribution >= 0.6 is 0 Å². The quantitative estimate of drug-likeness (QED) is 0.896. The molecule has 1 aromatic heterocycles. The number of rotatable bonds is 3. The van der Waals surface area contributed by atoms with Crippen LogP contribution in [0.15, 0.2) is 30.5 Å². The normalized spacial score (nSPS) is 19.1. The number of pyridine rings is 1. The molecular formula is C14H16N2O2. The Morgan fingerprint density at radius 2 is 2.22 bits per heavy atom. The van der Waals surface area contributed by atoms with Crippen molar-refractivity contribution in [3.8, 4) is 11.6 Å². The Labute approximate surface area is 106 Å². The molecule has 0 radical (unpaired) electrons. The number of ether oxygens (including phenoxy) is 2. The molecule has 0 spiro atoms. The van der Waals surface area contributed by atoms with E-state index in [1.54, 1.807) is 13.3 Å². The maximum absolute atomic E-state index is 5.96. The van der Waals surface area contributed by atoms with Crippen LogP contribution in [0.4, 0.5) is 0 Å². The second kappa shape index (κ2) is 4.82. The van der Waals surface area contributed by atoms with Crippen LogP contribution in [0.25, 0.3) is 10.8 Å². The van der Waals surface area contributed by atoms with E-state index in [4.69, 9.17) is 9.47 Å². The first-order valence-electron chi connectivity index (χ1n) is 6.17. The molecular weight excluding hydrogens is 228 g/mol. The van der Waals surface area contributed by atoms with Gasteiger partial charge in [0.1, 0.15) is 11.9 Å². The van der Waals surface area contributed by atoms with Crippen molar-refractivity contribution in [3.63, 3.8) is 0 Å². The maximum atomic E-state index is 5.96. The number of benzene rings is 1. The first-order chi connectivity index (χ1) is 8.88. The second-order valence-corrected chi connectivity index (χ2v) is 4.40. The molecule has 2 heterocycles. The Bertz CT molecular complexity index is 550. The molecule has 1 N–H and O–H groups in total. The van der Waals surface area contributed by atoms with E-state index >= 15 is 0 Å². The highest BCUT2D eigenvalue weighted by Gasteiger charge is 2.18. The summed E-state index contributed by atoms with van der Waals surface area (Å²) < 4.78 is 11.3. The van der Waals surface area contributed by atoms with Gasteiger partial charge in [-0.3, -0.25) is 0 Å². The zero-order valence-electron chi connectivity index (χ0n) is 10.3. The summed E-state index contributed by atoms with van der Waals surface area (Å²) in [5.41, 5.74) is 0. The molecule has 1 aliphatic rings. The molecule has 0 aliphatic carbocycles. The molecule has 1 fully saturated rings. The Balaban J connectivity index is 2.01. The average molecular weight is 244 g/mol. The molecule has 1 aromatic carbocycles. The van der Waals surface area contributed by atoms with Crippen molar-refractivity contribution in [2.45, 2.75) is 12.5 Å². The van der Waals surface area contributed by atoms with Crippen LogP contribution in [-0.2, 0) is 0 Å². The summed E-state index contributed by atoms with van der Waals surface area (Å²) in [6.07, 6.45) is 3.01. The van der Waals surface area contributed by atoms with Gasteiger partial charge in [-0.2, -0.15) is 0 Å². The molecule has 0 amide bonds. The highest BCUT2D eigenvalue weighted by molar-refractivity contribution is 5.91. The number of fused-ring (bicyclic) bond motifs is 1. The predicted molar refractivity (Wildman–Crippen MR) is 70.2 cm³/mol. The fraction of sp³-hybridized carbons (Fsp3) is 0.357. The lowest BCUT2D eigenvalue weighted by molar-refractivity contribution is 0.217. The minimum absolute atomic E-state index is 0.217. The van der Waals surface area contributed by atoms with Gasteiger partial charge in [0.05, 0.1) is 7.11 Å². The third-order valence-electron chi connectivity index (χ3n) is 3.24. The first kappa shape index (κ1) is 11.3. The Morgan fingerprint density at radius 1 is 1.28 bits per heavy atom. The molecule has 0 bridgehead atoms. The summed E-state index contributed by atoms with van der Waals surface area (Å²) in [6, 6.07) is 7.88. The average Bonchev–Trinajstić information content (AvgIpc) is 2.91. The van der Waals surface area contributed by atoms with Gasteiger partial charge < -0.3 is 14.8 Å². The van der Waals surface area contributed by atoms with Crippen molar-refractivity contribution >= 4 is 10.8 Å². The summed E-state index contributed by atoms with van der Waals surface area (Å²) in [4.78, 5) is 4.34. The highest BCUT2D eigenvalue weighted by atomic mass is 16.5. The summed E-state index contributed by atoms with van der Waals surface area (Å²) >= 11 is 0. The van der Waals surface area contributed by atoms with Gasteiger partial charge in [0.2, 0.25) is 5.88 Å². The van der Waals surface area contributed by atoms with Gasteiger partial charge in [-0.1, -0.05) is 6.07 Å². The maximum Gasteiger partial charge on any atom is 0.221 e. The lowest BCUT2D eigenvalue weighted by Gasteiger charge is -2.14. The number of nitrogens with one attached hydrogen (secondary N) is 1. The van der Waals surface area contributed by atoms with Gasteiger partial charge in [-0.05, 0) is 31.2 Å². The fourth-order valence-electron chi connectivity index (χ4n) is 2.31. The van der Waals surface area contributed by atoms with Crippen molar-refractivity contribution in [1.82, 2.24) is 10.3 Å². The van der Waals surface area contributed by atoms with Crippen LogP contribution in [0.3, 0.4) is 0 Å². The highest BCUT2D eigenvalue weighted by Crippen LogP contribution is 2.30. The molecule has 3 rings (SSSR count). The molecule has 4 heteroatoms. The fourth-order valence-corrected chi connectivity index (χ4v) is 2.31. The summed E-state index contributed by atoms with van der Waals surface area (Å²) in [6.45, 7) is 1.90. The van der Waals surface area contributed by atoms with E-state index in [-0.39, 0.29) is 6.10 Å². The van der Waals surface area contributed by atoms with E-state index in [0.29, 0.717) is 5.88 Å². The number of nitrogens with zero attached hydrogens (tertiary/aromatic N) is 1.